The van der Waals surface area contributed by atoms with Gasteiger partial charge in [0, 0.05) is 15.6 Å². The molecule has 1 heterocycles. The molecular weight excluding hydrogens is 394 g/mol. The average Bonchev–Trinajstić information content (AvgIpc) is 2.51. The zero-order chi connectivity index (χ0) is 17.4. The third-order valence-corrected chi connectivity index (χ3v) is 4.52. The molecule has 1 aromatic heterocycles. The van der Waals surface area contributed by atoms with E-state index in [1.165, 1.54) is 12.1 Å². The van der Waals surface area contributed by atoms with E-state index in [4.69, 9.17) is 55.6 Å². The zero-order valence-electron chi connectivity index (χ0n) is 12.3. The first-order chi connectivity index (χ1) is 11.4. The highest BCUT2D eigenvalue weighted by molar-refractivity contribution is 6.38. The van der Waals surface area contributed by atoms with Gasteiger partial charge in [0.05, 0.1) is 15.4 Å². The SMILES string of the molecule is Cc1c(COc2ccc(Cl)cc2Cl)oc2c(Cl)cc(Cl)cc2c1=O. The second-order valence-electron chi connectivity index (χ2n) is 5.11. The molecule has 0 amide bonds. The standard InChI is InChI=1S/C17H10Cl4O3/c1-8-15(7-23-14-3-2-9(18)5-12(14)20)24-17-11(16(8)22)4-10(19)6-13(17)21/h2-6H,7H2,1H3. The van der Waals surface area contributed by atoms with Crippen LogP contribution in [0.2, 0.25) is 20.1 Å². The Morgan fingerprint density at radius 2 is 1.71 bits per heavy atom. The van der Waals surface area contributed by atoms with Crippen molar-refractivity contribution >= 4 is 57.4 Å². The summed E-state index contributed by atoms with van der Waals surface area (Å²) in [4.78, 5) is 12.5. The fraction of sp³-hybridized carbons (Fsp3) is 0.118. The van der Waals surface area contributed by atoms with Crippen LogP contribution in [0, 0.1) is 6.92 Å². The number of hydrogen-bond acceptors (Lipinski definition) is 3. The van der Waals surface area contributed by atoms with Gasteiger partial charge >= 0.3 is 0 Å². The summed E-state index contributed by atoms with van der Waals surface area (Å²) >= 11 is 24.0. The lowest BCUT2D eigenvalue weighted by Crippen LogP contribution is -2.11. The molecule has 2 aromatic carbocycles. The number of benzene rings is 2. The lowest BCUT2D eigenvalue weighted by molar-refractivity contribution is 0.271. The first-order valence-corrected chi connectivity index (χ1v) is 8.37. The number of ether oxygens (including phenoxy) is 1. The highest BCUT2D eigenvalue weighted by Crippen LogP contribution is 2.30. The van der Waals surface area contributed by atoms with Crippen molar-refractivity contribution in [2.75, 3.05) is 0 Å². The van der Waals surface area contributed by atoms with Crippen LogP contribution >= 0.6 is 46.4 Å². The molecule has 0 radical (unpaired) electrons. The summed E-state index contributed by atoms with van der Waals surface area (Å²) in [5, 5.41) is 1.84. The van der Waals surface area contributed by atoms with E-state index in [0.29, 0.717) is 37.5 Å². The molecule has 24 heavy (non-hydrogen) atoms. The van der Waals surface area contributed by atoms with Gasteiger partial charge in [0.15, 0.2) is 11.0 Å². The third-order valence-electron chi connectivity index (χ3n) is 3.49. The highest BCUT2D eigenvalue weighted by atomic mass is 35.5. The predicted molar refractivity (Wildman–Crippen MR) is 98.0 cm³/mol. The van der Waals surface area contributed by atoms with Gasteiger partial charge in [0.25, 0.3) is 0 Å². The normalized spacial score (nSPS) is 11.0. The highest BCUT2D eigenvalue weighted by Gasteiger charge is 2.15. The van der Waals surface area contributed by atoms with E-state index >= 15 is 0 Å². The van der Waals surface area contributed by atoms with Gasteiger partial charge in [0.2, 0.25) is 0 Å². The molecule has 124 valence electrons. The summed E-state index contributed by atoms with van der Waals surface area (Å²) in [6, 6.07) is 7.92. The van der Waals surface area contributed by atoms with Crippen LogP contribution in [0.4, 0.5) is 0 Å². The molecule has 7 heteroatoms. The Morgan fingerprint density at radius 3 is 2.42 bits per heavy atom. The Labute approximate surface area is 157 Å². The van der Waals surface area contributed by atoms with Gasteiger partial charge in [0.1, 0.15) is 18.1 Å². The molecule has 0 saturated heterocycles. The molecule has 0 fully saturated rings. The Bertz CT molecular complexity index is 995. The maximum absolute atomic E-state index is 12.5. The molecule has 3 nitrogen and oxygen atoms in total. The van der Waals surface area contributed by atoms with Gasteiger partial charge in [-0.3, -0.25) is 4.79 Å². The molecule has 0 aliphatic carbocycles. The van der Waals surface area contributed by atoms with Crippen LogP contribution in [-0.4, -0.2) is 0 Å². The molecule has 0 N–H and O–H groups in total. The van der Waals surface area contributed by atoms with E-state index in [1.54, 1.807) is 25.1 Å². The molecule has 0 unspecified atom stereocenters. The minimum Gasteiger partial charge on any atom is -0.484 e. The molecule has 0 aliphatic heterocycles. The van der Waals surface area contributed by atoms with Gasteiger partial charge in [-0.1, -0.05) is 46.4 Å². The van der Waals surface area contributed by atoms with E-state index < -0.39 is 0 Å². The quantitative estimate of drug-likeness (QED) is 0.515. The van der Waals surface area contributed by atoms with Crippen molar-refractivity contribution in [1.82, 2.24) is 0 Å². The van der Waals surface area contributed by atoms with Gasteiger partial charge in [-0.15, -0.1) is 0 Å². The Morgan fingerprint density at radius 1 is 1.00 bits per heavy atom. The largest absolute Gasteiger partial charge is 0.484 e. The van der Waals surface area contributed by atoms with Crippen LogP contribution in [0.25, 0.3) is 11.0 Å². The van der Waals surface area contributed by atoms with Crippen LogP contribution in [0.3, 0.4) is 0 Å². The fourth-order valence-corrected chi connectivity index (χ4v) is 3.23. The molecule has 3 rings (SSSR count). The number of rotatable bonds is 3. The maximum atomic E-state index is 12.5. The molecule has 0 bridgehead atoms. The Hall–Kier alpha value is -1.39. The summed E-state index contributed by atoms with van der Waals surface area (Å²) in [6.45, 7) is 1.68. The van der Waals surface area contributed by atoms with Gasteiger partial charge in [-0.05, 0) is 37.3 Å². The first-order valence-electron chi connectivity index (χ1n) is 6.86. The van der Waals surface area contributed by atoms with Crippen molar-refractivity contribution in [2.24, 2.45) is 0 Å². The average molecular weight is 404 g/mol. The van der Waals surface area contributed by atoms with E-state index in [-0.39, 0.29) is 22.6 Å². The number of fused-ring (bicyclic) bond motifs is 1. The predicted octanol–water partition coefficient (Wildman–Crippen LogP) is 6.29. The van der Waals surface area contributed by atoms with E-state index in [0.717, 1.165) is 0 Å². The lowest BCUT2D eigenvalue weighted by Gasteiger charge is -2.11. The van der Waals surface area contributed by atoms with Crippen molar-refractivity contribution in [3.8, 4) is 5.75 Å². The van der Waals surface area contributed by atoms with Crippen LogP contribution < -0.4 is 10.2 Å². The molecule has 0 spiro atoms. The second-order valence-corrected chi connectivity index (χ2v) is 6.79. The molecule has 0 atom stereocenters. The van der Waals surface area contributed by atoms with Crippen LogP contribution in [0.1, 0.15) is 11.3 Å². The van der Waals surface area contributed by atoms with E-state index in [9.17, 15) is 4.79 Å². The number of halogens is 4. The lowest BCUT2D eigenvalue weighted by atomic mass is 10.1. The summed E-state index contributed by atoms with van der Waals surface area (Å²) in [7, 11) is 0. The third kappa shape index (κ3) is 3.35. The van der Waals surface area contributed by atoms with Crippen molar-refractivity contribution in [3.05, 3.63) is 72.0 Å². The van der Waals surface area contributed by atoms with Crippen molar-refractivity contribution in [2.45, 2.75) is 13.5 Å². The minimum atomic E-state index is -0.207. The Kier molecular flexibility index (Phi) is 4.97. The van der Waals surface area contributed by atoms with Gasteiger partial charge in [-0.25, -0.2) is 0 Å². The van der Waals surface area contributed by atoms with Crippen molar-refractivity contribution in [1.29, 1.82) is 0 Å². The van der Waals surface area contributed by atoms with Crippen LogP contribution in [0.15, 0.2) is 39.5 Å². The zero-order valence-corrected chi connectivity index (χ0v) is 15.4. The topological polar surface area (TPSA) is 39.4 Å². The summed E-state index contributed by atoms with van der Waals surface area (Å²) in [6.07, 6.45) is 0. The Balaban J connectivity index is 2.01. The monoisotopic (exact) mass is 402 g/mol. The van der Waals surface area contributed by atoms with Gasteiger partial charge in [-0.2, -0.15) is 0 Å². The van der Waals surface area contributed by atoms with Crippen LogP contribution in [-0.2, 0) is 6.61 Å². The number of hydrogen-bond donors (Lipinski definition) is 0. The van der Waals surface area contributed by atoms with Crippen molar-refractivity contribution in [3.63, 3.8) is 0 Å². The smallest absolute Gasteiger partial charge is 0.196 e. The minimum absolute atomic E-state index is 0.0251. The van der Waals surface area contributed by atoms with E-state index in [2.05, 4.69) is 0 Å². The summed E-state index contributed by atoms with van der Waals surface area (Å²) in [5.41, 5.74) is 0.491. The molecule has 3 aromatic rings. The molecule has 0 saturated carbocycles. The second kappa shape index (κ2) is 6.85. The maximum Gasteiger partial charge on any atom is 0.196 e. The molecule has 0 aliphatic rings. The molecular formula is C17H10Cl4O3. The van der Waals surface area contributed by atoms with Crippen LogP contribution in [0.5, 0.6) is 5.75 Å². The summed E-state index contributed by atoms with van der Waals surface area (Å²) < 4.78 is 11.4. The van der Waals surface area contributed by atoms with E-state index in [1.807, 2.05) is 0 Å². The summed E-state index contributed by atoms with van der Waals surface area (Å²) in [5.74, 6) is 0.799. The van der Waals surface area contributed by atoms with Gasteiger partial charge < -0.3 is 9.15 Å². The van der Waals surface area contributed by atoms with Crippen molar-refractivity contribution < 1.29 is 9.15 Å². The first kappa shape index (κ1) is 17.4. The fourth-order valence-electron chi connectivity index (χ4n) is 2.23.